The fourth-order valence-corrected chi connectivity index (χ4v) is 4.26. The van der Waals surface area contributed by atoms with Gasteiger partial charge in [0.15, 0.2) is 0 Å². The molecule has 0 N–H and O–H groups in total. The molecule has 0 aliphatic heterocycles. The van der Waals surface area contributed by atoms with Gasteiger partial charge in [-0.05, 0) is 62.0 Å². The van der Waals surface area contributed by atoms with Gasteiger partial charge in [-0.2, -0.15) is 0 Å². The normalized spacial score (nSPS) is 11.0. The molecule has 0 fully saturated rings. The molecule has 0 unspecified atom stereocenters. The first-order valence-electron chi connectivity index (χ1n) is 8.45. The van der Waals surface area contributed by atoms with Crippen LogP contribution in [0.2, 0.25) is 0 Å². The van der Waals surface area contributed by atoms with Crippen LogP contribution in [0.4, 0.5) is 0 Å². The van der Waals surface area contributed by atoms with E-state index in [1.165, 1.54) is 21.8 Å². The van der Waals surface area contributed by atoms with Gasteiger partial charge in [-0.1, -0.05) is 0 Å². The van der Waals surface area contributed by atoms with Crippen LogP contribution in [0.15, 0.2) is 41.1 Å². The molecule has 6 heteroatoms. The zero-order chi connectivity index (χ0) is 18.7. The molecule has 3 aromatic rings. The Morgan fingerprint density at radius 2 is 1.92 bits per heavy atom. The van der Waals surface area contributed by atoms with Crippen LogP contribution in [-0.2, 0) is 6.54 Å². The topological polar surface area (TPSA) is 42.4 Å². The summed E-state index contributed by atoms with van der Waals surface area (Å²) in [6.45, 7) is 6.68. The van der Waals surface area contributed by atoms with E-state index < -0.39 is 0 Å². The van der Waals surface area contributed by atoms with Gasteiger partial charge in [0.1, 0.15) is 16.5 Å². The van der Waals surface area contributed by atoms with Crippen molar-refractivity contribution in [2.75, 3.05) is 7.05 Å². The monoisotopic (exact) mass is 386 g/mol. The van der Waals surface area contributed by atoms with E-state index in [0.29, 0.717) is 12.2 Å². The van der Waals surface area contributed by atoms with Gasteiger partial charge in [0.05, 0.1) is 12.6 Å². The van der Waals surface area contributed by atoms with E-state index in [4.69, 9.17) is 4.74 Å². The van der Waals surface area contributed by atoms with Crippen LogP contribution in [-0.4, -0.2) is 28.9 Å². The van der Waals surface area contributed by atoms with Crippen molar-refractivity contribution in [2.45, 2.75) is 33.4 Å². The summed E-state index contributed by atoms with van der Waals surface area (Å²) >= 11 is 3.16. The molecule has 0 aliphatic rings. The third kappa shape index (κ3) is 4.31. The molecule has 1 amide bonds. The number of thiazole rings is 1. The summed E-state index contributed by atoms with van der Waals surface area (Å²) in [5.74, 6) is 0.780. The lowest BCUT2D eigenvalue weighted by atomic mass is 10.2. The van der Waals surface area contributed by atoms with Gasteiger partial charge in [-0.3, -0.25) is 4.79 Å². The first kappa shape index (κ1) is 18.6. The quantitative estimate of drug-likeness (QED) is 0.582. The minimum absolute atomic E-state index is 0.0555. The van der Waals surface area contributed by atoms with Gasteiger partial charge in [-0.15, -0.1) is 22.7 Å². The van der Waals surface area contributed by atoms with Gasteiger partial charge in [0.2, 0.25) is 0 Å². The highest BCUT2D eigenvalue weighted by Crippen LogP contribution is 2.27. The molecule has 0 bridgehead atoms. The SMILES string of the molecule is Cc1ccsc1CN(C)C(=O)c1csc(-c2ccc(OC(C)C)cc2)n1. The fraction of sp³-hybridized carbons (Fsp3) is 0.300. The number of nitrogens with zero attached hydrogens (tertiary/aromatic N) is 2. The molecule has 26 heavy (non-hydrogen) atoms. The van der Waals surface area contributed by atoms with Crippen LogP contribution in [0.5, 0.6) is 5.75 Å². The van der Waals surface area contributed by atoms with E-state index >= 15 is 0 Å². The van der Waals surface area contributed by atoms with E-state index in [2.05, 4.69) is 23.4 Å². The van der Waals surface area contributed by atoms with Crippen molar-refractivity contribution in [1.29, 1.82) is 0 Å². The van der Waals surface area contributed by atoms with Gasteiger partial charge in [-0.25, -0.2) is 4.98 Å². The highest BCUT2D eigenvalue weighted by Gasteiger charge is 2.17. The molecule has 2 heterocycles. The zero-order valence-corrected chi connectivity index (χ0v) is 17.0. The van der Waals surface area contributed by atoms with Crippen LogP contribution in [0.25, 0.3) is 10.6 Å². The summed E-state index contributed by atoms with van der Waals surface area (Å²) in [7, 11) is 1.82. The molecule has 136 valence electrons. The number of thiophene rings is 1. The Balaban J connectivity index is 1.70. The second-order valence-corrected chi connectivity index (χ2v) is 8.28. The third-order valence-electron chi connectivity index (χ3n) is 3.89. The summed E-state index contributed by atoms with van der Waals surface area (Å²) < 4.78 is 5.66. The Kier molecular flexibility index (Phi) is 5.74. The number of rotatable bonds is 6. The van der Waals surface area contributed by atoms with Gasteiger partial charge in [0, 0.05) is 22.9 Å². The molecule has 0 radical (unpaired) electrons. The van der Waals surface area contributed by atoms with Crippen LogP contribution in [0.1, 0.15) is 34.8 Å². The van der Waals surface area contributed by atoms with Crippen LogP contribution >= 0.6 is 22.7 Å². The maximum atomic E-state index is 12.7. The summed E-state index contributed by atoms with van der Waals surface area (Å²) in [4.78, 5) is 20.1. The smallest absolute Gasteiger partial charge is 0.273 e. The van der Waals surface area contributed by atoms with Crippen molar-refractivity contribution in [1.82, 2.24) is 9.88 Å². The second-order valence-electron chi connectivity index (χ2n) is 6.42. The van der Waals surface area contributed by atoms with E-state index in [9.17, 15) is 4.79 Å². The largest absolute Gasteiger partial charge is 0.491 e. The summed E-state index contributed by atoms with van der Waals surface area (Å²) in [6, 6.07) is 9.90. The average molecular weight is 387 g/mol. The first-order valence-corrected chi connectivity index (χ1v) is 10.2. The number of amides is 1. The van der Waals surface area contributed by atoms with Crippen molar-refractivity contribution in [3.05, 3.63) is 57.2 Å². The van der Waals surface area contributed by atoms with Crippen molar-refractivity contribution >= 4 is 28.6 Å². The van der Waals surface area contributed by atoms with E-state index in [-0.39, 0.29) is 12.0 Å². The van der Waals surface area contributed by atoms with Crippen LogP contribution in [0.3, 0.4) is 0 Å². The number of aryl methyl sites for hydroxylation is 1. The first-order chi connectivity index (χ1) is 12.4. The number of hydrogen-bond donors (Lipinski definition) is 0. The highest BCUT2D eigenvalue weighted by atomic mass is 32.1. The molecular formula is C20H22N2O2S2. The lowest BCUT2D eigenvalue weighted by Crippen LogP contribution is -2.26. The number of carbonyl (C=O) groups excluding carboxylic acids is 1. The Morgan fingerprint density at radius 3 is 2.54 bits per heavy atom. The van der Waals surface area contributed by atoms with E-state index in [1.807, 2.05) is 50.5 Å². The summed E-state index contributed by atoms with van der Waals surface area (Å²) in [5, 5.41) is 4.72. The highest BCUT2D eigenvalue weighted by molar-refractivity contribution is 7.13. The number of hydrogen-bond acceptors (Lipinski definition) is 5. The fourth-order valence-electron chi connectivity index (χ4n) is 2.50. The van der Waals surface area contributed by atoms with Gasteiger partial charge < -0.3 is 9.64 Å². The molecule has 3 rings (SSSR count). The number of aromatic nitrogens is 1. The maximum absolute atomic E-state index is 12.7. The minimum atomic E-state index is -0.0555. The van der Waals surface area contributed by atoms with Crippen molar-refractivity contribution in [2.24, 2.45) is 0 Å². The number of ether oxygens (including phenoxy) is 1. The van der Waals surface area contributed by atoms with E-state index in [0.717, 1.165) is 16.3 Å². The molecule has 1 aromatic carbocycles. The molecular weight excluding hydrogens is 364 g/mol. The Hall–Kier alpha value is -2.18. The summed E-state index contributed by atoms with van der Waals surface area (Å²) in [6.07, 6.45) is 0.146. The Morgan fingerprint density at radius 1 is 1.19 bits per heavy atom. The predicted octanol–water partition coefficient (Wildman–Crippen LogP) is 5.24. The molecule has 0 atom stereocenters. The summed E-state index contributed by atoms with van der Waals surface area (Å²) in [5.41, 5.74) is 2.70. The Labute approximate surface area is 162 Å². The lowest BCUT2D eigenvalue weighted by molar-refractivity contribution is 0.0781. The molecule has 0 saturated carbocycles. The number of benzene rings is 1. The van der Waals surface area contributed by atoms with Crippen LogP contribution in [0, 0.1) is 6.92 Å². The molecule has 0 spiro atoms. The van der Waals surface area contributed by atoms with Crippen LogP contribution < -0.4 is 4.74 Å². The average Bonchev–Trinajstić information content (AvgIpc) is 3.24. The van der Waals surface area contributed by atoms with Crippen molar-refractivity contribution in [3.8, 4) is 16.3 Å². The molecule has 4 nitrogen and oxygen atoms in total. The molecule has 0 aliphatic carbocycles. The minimum Gasteiger partial charge on any atom is -0.491 e. The predicted molar refractivity (Wildman–Crippen MR) is 108 cm³/mol. The maximum Gasteiger partial charge on any atom is 0.273 e. The zero-order valence-electron chi connectivity index (χ0n) is 15.4. The van der Waals surface area contributed by atoms with Crippen molar-refractivity contribution in [3.63, 3.8) is 0 Å². The molecule has 2 aromatic heterocycles. The van der Waals surface area contributed by atoms with Gasteiger partial charge in [0.25, 0.3) is 5.91 Å². The van der Waals surface area contributed by atoms with Crippen molar-refractivity contribution < 1.29 is 9.53 Å². The second kappa shape index (κ2) is 8.01. The third-order valence-corrected chi connectivity index (χ3v) is 5.79. The Bertz CT molecular complexity index is 881. The molecule has 0 saturated heterocycles. The standard InChI is InChI=1S/C20H22N2O2S2/c1-13(2)24-16-7-5-15(6-8-16)19-21-17(12-26-19)20(23)22(4)11-18-14(3)9-10-25-18/h5-10,12-13H,11H2,1-4H3. The lowest BCUT2D eigenvalue weighted by Gasteiger charge is -2.15. The van der Waals surface area contributed by atoms with E-state index in [1.54, 1.807) is 16.2 Å². The number of carbonyl (C=O) groups is 1. The van der Waals surface area contributed by atoms with Gasteiger partial charge >= 0.3 is 0 Å².